The van der Waals surface area contributed by atoms with Crippen LogP contribution in [0.2, 0.25) is 0 Å². The van der Waals surface area contributed by atoms with Gasteiger partial charge in [0.1, 0.15) is 0 Å². The Morgan fingerprint density at radius 3 is 2.67 bits per heavy atom. The predicted octanol–water partition coefficient (Wildman–Crippen LogP) is 2.73. The topological polar surface area (TPSA) is 0 Å². The van der Waals surface area contributed by atoms with Crippen LogP contribution in [0.5, 0.6) is 0 Å². The Labute approximate surface area is 57.3 Å². The normalized spacial score (nSPS) is 17.0. The summed E-state index contributed by atoms with van der Waals surface area (Å²) >= 11 is 0. The molecule has 0 heterocycles. The molecule has 1 aliphatic carbocycles. The van der Waals surface area contributed by atoms with E-state index in [9.17, 15) is 0 Å². The van der Waals surface area contributed by atoms with Gasteiger partial charge in [-0.2, -0.15) is 0 Å². The molecule has 0 saturated heterocycles. The molecular formula is C9H13. The first-order valence-corrected chi connectivity index (χ1v) is 3.49. The van der Waals surface area contributed by atoms with E-state index in [1.54, 1.807) is 0 Å². The highest BCUT2D eigenvalue weighted by Gasteiger charge is 1.99. The lowest BCUT2D eigenvalue weighted by molar-refractivity contribution is 0.651. The van der Waals surface area contributed by atoms with Gasteiger partial charge in [-0.3, -0.25) is 0 Å². The van der Waals surface area contributed by atoms with Gasteiger partial charge >= 0.3 is 0 Å². The van der Waals surface area contributed by atoms with Gasteiger partial charge in [0, 0.05) is 6.42 Å². The molecular weight excluding hydrogens is 108 g/mol. The fourth-order valence-corrected chi connectivity index (χ4v) is 1.02. The molecule has 0 nitrogen and oxygen atoms in total. The van der Waals surface area contributed by atoms with Crippen LogP contribution in [0.25, 0.3) is 0 Å². The zero-order valence-electron chi connectivity index (χ0n) is 6.09. The first-order valence-electron chi connectivity index (χ1n) is 3.49. The van der Waals surface area contributed by atoms with Gasteiger partial charge in [-0.25, -0.2) is 0 Å². The van der Waals surface area contributed by atoms with Crippen LogP contribution in [0.4, 0.5) is 0 Å². The van der Waals surface area contributed by atoms with Gasteiger partial charge in [0.25, 0.3) is 0 Å². The molecule has 0 aromatic heterocycles. The lowest BCUT2D eigenvalue weighted by Gasteiger charge is -2.01. The highest BCUT2D eigenvalue weighted by Crippen LogP contribution is 2.16. The third-order valence-electron chi connectivity index (χ3n) is 1.38. The third-order valence-corrected chi connectivity index (χ3v) is 1.38. The summed E-state index contributed by atoms with van der Waals surface area (Å²) in [5, 5.41) is 0. The molecule has 0 spiro atoms. The van der Waals surface area contributed by atoms with Crippen LogP contribution < -0.4 is 0 Å². The first-order chi connectivity index (χ1) is 4.29. The lowest BCUT2D eigenvalue weighted by Crippen LogP contribution is -1.86. The van der Waals surface area contributed by atoms with Crippen LogP contribution in [0, 0.1) is 12.3 Å². The monoisotopic (exact) mass is 121 g/mol. The van der Waals surface area contributed by atoms with Gasteiger partial charge in [0.15, 0.2) is 0 Å². The van der Waals surface area contributed by atoms with E-state index in [4.69, 9.17) is 0 Å². The van der Waals surface area contributed by atoms with Gasteiger partial charge < -0.3 is 0 Å². The van der Waals surface area contributed by atoms with Crippen molar-refractivity contribution in [2.24, 2.45) is 5.92 Å². The van der Waals surface area contributed by atoms with E-state index in [0.29, 0.717) is 0 Å². The maximum atomic E-state index is 2.24. The minimum Gasteiger partial charge on any atom is -0.0764 e. The van der Waals surface area contributed by atoms with Crippen molar-refractivity contribution >= 4 is 0 Å². The van der Waals surface area contributed by atoms with E-state index >= 15 is 0 Å². The highest BCUT2D eigenvalue weighted by atomic mass is 14.0. The van der Waals surface area contributed by atoms with Gasteiger partial charge in [0.05, 0.1) is 0 Å². The van der Waals surface area contributed by atoms with E-state index in [2.05, 4.69) is 38.5 Å². The van der Waals surface area contributed by atoms with Crippen LogP contribution in [0.15, 0.2) is 23.8 Å². The number of hydrogen-bond donors (Lipinski definition) is 0. The van der Waals surface area contributed by atoms with E-state index in [-0.39, 0.29) is 0 Å². The molecule has 0 aliphatic heterocycles. The number of rotatable bonds is 2. The van der Waals surface area contributed by atoms with Gasteiger partial charge in [-0.1, -0.05) is 37.6 Å². The second kappa shape index (κ2) is 2.86. The summed E-state index contributed by atoms with van der Waals surface area (Å²) in [7, 11) is 0. The summed E-state index contributed by atoms with van der Waals surface area (Å²) in [5.41, 5.74) is 1.46. The standard InChI is InChI=1S/C9H13/c1-8(2)7-9-5-3-4-6-9/h3-6,8H,7H2,1-2H3. The zero-order chi connectivity index (χ0) is 6.69. The molecule has 49 valence electrons. The summed E-state index contributed by atoms with van der Waals surface area (Å²) in [6.07, 6.45) is 9.77. The van der Waals surface area contributed by atoms with Crippen LogP contribution in [-0.2, 0) is 0 Å². The molecule has 0 unspecified atom stereocenters. The molecule has 9 heavy (non-hydrogen) atoms. The second-order valence-corrected chi connectivity index (χ2v) is 2.89. The summed E-state index contributed by atoms with van der Waals surface area (Å²) in [6, 6.07) is 0. The predicted molar refractivity (Wildman–Crippen MR) is 41.0 cm³/mol. The Morgan fingerprint density at radius 2 is 2.22 bits per heavy atom. The summed E-state index contributed by atoms with van der Waals surface area (Å²) in [6.45, 7) is 4.49. The zero-order valence-corrected chi connectivity index (χ0v) is 6.09. The average molecular weight is 121 g/mol. The highest BCUT2D eigenvalue weighted by molar-refractivity contribution is 5.33. The molecule has 0 bridgehead atoms. The van der Waals surface area contributed by atoms with Crippen molar-refractivity contribution in [3.05, 3.63) is 30.2 Å². The molecule has 0 heteroatoms. The lowest BCUT2D eigenvalue weighted by atomic mass is 10.0. The van der Waals surface area contributed by atoms with E-state index in [1.807, 2.05) is 0 Å². The maximum absolute atomic E-state index is 2.24. The van der Waals surface area contributed by atoms with E-state index < -0.39 is 0 Å². The Hall–Kier alpha value is -0.520. The fourth-order valence-electron chi connectivity index (χ4n) is 1.02. The van der Waals surface area contributed by atoms with Crippen LogP contribution in [-0.4, -0.2) is 0 Å². The molecule has 0 saturated carbocycles. The molecule has 1 rings (SSSR count). The van der Waals surface area contributed by atoms with Crippen molar-refractivity contribution in [1.82, 2.24) is 0 Å². The van der Waals surface area contributed by atoms with E-state index in [1.165, 1.54) is 12.0 Å². The second-order valence-electron chi connectivity index (χ2n) is 2.89. The first kappa shape index (κ1) is 6.60. The smallest absolute Gasteiger partial charge is 0.00535 e. The Balaban J connectivity index is 2.35. The van der Waals surface area contributed by atoms with Gasteiger partial charge in [-0.05, 0) is 12.3 Å². The summed E-state index contributed by atoms with van der Waals surface area (Å²) < 4.78 is 0. The minimum absolute atomic E-state index is 0.785. The van der Waals surface area contributed by atoms with Crippen LogP contribution >= 0.6 is 0 Å². The average Bonchev–Trinajstić information content (AvgIpc) is 2.15. The van der Waals surface area contributed by atoms with Crippen LogP contribution in [0.3, 0.4) is 0 Å². The van der Waals surface area contributed by atoms with Crippen molar-refractivity contribution in [1.29, 1.82) is 0 Å². The Kier molecular flexibility index (Phi) is 2.10. The molecule has 0 aromatic rings. The largest absolute Gasteiger partial charge is 0.0764 e. The third kappa shape index (κ3) is 2.05. The summed E-state index contributed by atoms with van der Waals surface area (Å²) in [5.74, 6) is 0.785. The molecule has 0 N–H and O–H groups in total. The van der Waals surface area contributed by atoms with Gasteiger partial charge in [-0.15, -0.1) is 0 Å². The molecule has 1 radical (unpaired) electrons. The quantitative estimate of drug-likeness (QED) is 0.527. The molecule has 1 aliphatic rings. The Bertz CT molecular complexity index is 138. The maximum Gasteiger partial charge on any atom is 0.00535 e. The van der Waals surface area contributed by atoms with Crippen molar-refractivity contribution in [2.45, 2.75) is 20.3 Å². The van der Waals surface area contributed by atoms with Crippen LogP contribution in [0.1, 0.15) is 20.3 Å². The summed E-state index contributed by atoms with van der Waals surface area (Å²) in [4.78, 5) is 0. The van der Waals surface area contributed by atoms with Crippen molar-refractivity contribution in [3.63, 3.8) is 0 Å². The fraction of sp³-hybridized carbons (Fsp3) is 0.444. The number of hydrogen-bond acceptors (Lipinski definition) is 0. The van der Waals surface area contributed by atoms with Crippen molar-refractivity contribution in [2.75, 3.05) is 0 Å². The molecule has 0 fully saturated rings. The van der Waals surface area contributed by atoms with E-state index in [0.717, 1.165) is 5.92 Å². The van der Waals surface area contributed by atoms with Gasteiger partial charge in [0.2, 0.25) is 0 Å². The molecule has 0 amide bonds. The Morgan fingerprint density at radius 1 is 1.44 bits per heavy atom. The molecule has 0 atom stereocenters. The SMILES string of the molecule is CC(C)CC1=C[CH]C=C1. The number of allylic oxidation sites excluding steroid dienone is 4. The molecule has 0 aromatic carbocycles. The van der Waals surface area contributed by atoms with Crippen molar-refractivity contribution in [3.8, 4) is 0 Å². The van der Waals surface area contributed by atoms with Crippen molar-refractivity contribution < 1.29 is 0 Å². The minimum atomic E-state index is 0.785.